The van der Waals surface area contributed by atoms with Gasteiger partial charge < -0.3 is 5.32 Å². The van der Waals surface area contributed by atoms with E-state index in [9.17, 15) is 0 Å². The van der Waals surface area contributed by atoms with Crippen LogP contribution in [0.4, 0.5) is 0 Å². The van der Waals surface area contributed by atoms with E-state index >= 15 is 0 Å². The van der Waals surface area contributed by atoms with Gasteiger partial charge in [-0.3, -0.25) is 0 Å². The zero-order valence-electron chi connectivity index (χ0n) is 10.5. The molecule has 0 spiro atoms. The highest BCUT2D eigenvalue weighted by Crippen LogP contribution is 2.27. The van der Waals surface area contributed by atoms with Gasteiger partial charge in [0.15, 0.2) is 0 Å². The Kier molecular flexibility index (Phi) is 2.35. The van der Waals surface area contributed by atoms with Gasteiger partial charge in [-0.2, -0.15) is 0 Å². The van der Waals surface area contributed by atoms with E-state index in [2.05, 4.69) is 58.1 Å². The van der Waals surface area contributed by atoms with Gasteiger partial charge in [0.1, 0.15) is 5.69 Å². The van der Waals surface area contributed by atoms with Crippen LogP contribution in [0.3, 0.4) is 0 Å². The monoisotopic (exact) mass is 250 g/mol. The molecule has 94 valence electrons. The van der Waals surface area contributed by atoms with E-state index < -0.39 is 0 Å². The fourth-order valence-electron chi connectivity index (χ4n) is 2.49. The fourth-order valence-corrected chi connectivity index (χ4v) is 2.49. The number of nitrogens with one attached hydrogen (secondary N) is 1. The van der Waals surface area contributed by atoms with Crippen LogP contribution >= 0.6 is 0 Å². The molecule has 19 heavy (non-hydrogen) atoms. The molecule has 1 N–H and O–H groups in total. The van der Waals surface area contributed by atoms with Crippen molar-refractivity contribution in [3.05, 3.63) is 48.7 Å². The van der Waals surface area contributed by atoms with E-state index in [-0.39, 0.29) is 0 Å². The van der Waals surface area contributed by atoms with Crippen LogP contribution in [0.2, 0.25) is 0 Å². The molecule has 1 saturated heterocycles. The average molecular weight is 250 g/mol. The maximum absolute atomic E-state index is 4.32. The zero-order chi connectivity index (χ0) is 12.7. The molecule has 1 fully saturated rings. The summed E-state index contributed by atoms with van der Waals surface area (Å²) in [6.07, 6.45) is 2.05. The second-order valence-corrected chi connectivity index (χ2v) is 4.92. The van der Waals surface area contributed by atoms with Crippen molar-refractivity contribution < 1.29 is 0 Å². The zero-order valence-corrected chi connectivity index (χ0v) is 10.5. The van der Waals surface area contributed by atoms with Crippen LogP contribution in [0.1, 0.15) is 6.04 Å². The Bertz CT molecular complexity index is 722. The van der Waals surface area contributed by atoms with Crippen LogP contribution in [-0.4, -0.2) is 28.1 Å². The minimum absolute atomic E-state index is 0.455. The van der Waals surface area contributed by atoms with Crippen molar-refractivity contribution in [1.29, 1.82) is 0 Å². The maximum Gasteiger partial charge on any atom is 0.113 e. The highest BCUT2D eigenvalue weighted by molar-refractivity contribution is 5.95. The second-order valence-electron chi connectivity index (χ2n) is 4.92. The topological polar surface area (TPSA) is 42.7 Å². The number of hydrogen-bond acceptors (Lipinski definition) is 3. The van der Waals surface area contributed by atoms with Crippen LogP contribution < -0.4 is 5.32 Å². The summed E-state index contributed by atoms with van der Waals surface area (Å²) in [5, 5.41) is 14.3. The van der Waals surface area contributed by atoms with Gasteiger partial charge in [-0.1, -0.05) is 47.7 Å². The molecule has 3 aromatic rings. The number of nitrogens with zero attached hydrogens (tertiary/aromatic N) is 3. The van der Waals surface area contributed by atoms with Gasteiger partial charge in [0.25, 0.3) is 0 Å². The van der Waals surface area contributed by atoms with Crippen molar-refractivity contribution in [3.8, 4) is 11.3 Å². The molecule has 4 nitrogen and oxygen atoms in total. The molecular weight excluding hydrogens is 236 g/mol. The molecule has 0 saturated carbocycles. The Balaban J connectivity index is 1.83. The molecule has 4 rings (SSSR count). The molecule has 2 heterocycles. The van der Waals surface area contributed by atoms with Crippen molar-refractivity contribution >= 4 is 10.8 Å². The third-order valence-electron chi connectivity index (χ3n) is 3.71. The number of aromatic nitrogens is 3. The van der Waals surface area contributed by atoms with Gasteiger partial charge in [-0.05, 0) is 10.8 Å². The third kappa shape index (κ3) is 1.72. The maximum atomic E-state index is 4.32. The van der Waals surface area contributed by atoms with Crippen molar-refractivity contribution in [2.75, 3.05) is 13.1 Å². The minimum atomic E-state index is 0.455. The first-order valence-corrected chi connectivity index (χ1v) is 6.52. The summed E-state index contributed by atoms with van der Waals surface area (Å²) < 4.78 is 1.97. The van der Waals surface area contributed by atoms with Crippen LogP contribution in [0.25, 0.3) is 22.0 Å². The summed E-state index contributed by atoms with van der Waals surface area (Å²) in [5.41, 5.74) is 2.10. The van der Waals surface area contributed by atoms with Crippen LogP contribution in [0.5, 0.6) is 0 Å². The molecule has 1 aliphatic rings. The second kappa shape index (κ2) is 4.17. The predicted octanol–water partition coefficient (Wildman–Crippen LogP) is 2.24. The van der Waals surface area contributed by atoms with E-state index in [4.69, 9.17) is 0 Å². The molecule has 1 aliphatic heterocycles. The van der Waals surface area contributed by atoms with Crippen molar-refractivity contribution in [2.45, 2.75) is 6.04 Å². The lowest BCUT2D eigenvalue weighted by Crippen LogP contribution is -2.43. The molecular formula is C15H14N4. The molecule has 0 aliphatic carbocycles. The van der Waals surface area contributed by atoms with E-state index in [1.54, 1.807) is 0 Å². The predicted molar refractivity (Wildman–Crippen MR) is 74.9 cm³/mol. The van der Waals surface area contributed by atoms with Crippen LogP contribution in [-0.2, 0) is 0 Å². The minimum Gasteiger partial charge on any atom is -0.312 e. The van der Waals surface area contributed by atoms with Gasteiger partial charge in [-0.15, -0.1) is 5.10 Å². The first-order chi connectivity index (χ1) is 9.42. The Hall–Kier alpha value is -2.20. The fraction of sp³-hybridized carbons (Fsp3) is 0.200. The SMILES string of the molecule is c1ccc2c(-c3cn(C4CNC4)nn3)cccc2c1. The summed E-state index contributed by atoms with van der Waals surface area (Å²) in [6.45, 7) is 1.97. The first-order valence-electron chi connectivity index (χ1n) is 6.52. The first kappa shape index (κ1) is 10.7. The highest BCUT2D eigenvalue weighted by Gasteiger charge is 2.20. The summed E-state index contributed by atoms with van der Waals surface area (Å²) in [4.78, 5) is 0. The molecule has 2 aromatic carbocycles. The summed E-state index contributed by atoms with van der Waals surface area (Å²) >= 11 is 0. The van der Waals surface area contributed by atoms with Gasteiger partial charge in [0.2, 0.25) is 0 Å². The number of rotatable bonds is 2. The van der Waals surface area contributed by atoms with Gasteiger partial charge in [0.05, 0.1) is 12.2 Å². The molecule has 1 aromatic heterocycles. The third-order valence-corrected chi connectivity index (χ3v) is 3.71. The quantitative estimate of drug-likeness (QED) is 0.758. The van der Waals surface area contributed by atoms with E-state index in [0.717, 1.165) is 24.3 Å². The lowest BCUT2D eigenvalue weighted by Gasteiger charge is -2.26. The number of hydrogen-bond donors (Lipinski definition) is 1. The Morgan fingerprint density at radius 1 is 1.05 bits per heavy atom. The smallest absolute Gasteiger partial charge is 0.113 e. The summed E-state index contributed by atoms with van der Waals surface area (Å²) in [6, 6.07) is 15.1. The van der Waals surface area contributed by atoms with Gasteiger partial charge in [-0.25, -0.2) is 4.68 Å². The van der Waals surface area contributed by atoms with Crippen molar-refractivity contribution in [1.82, 2.24) is 20.3 Å². The summed E-state index contributed by atoms with van der Waals surface area (Å²) in [5.74, 6) is 0. The normalized spacial score (nSPS) is 15.6. The van der Waals surface area contributed by atoms with Crippen molar-refractivity contribution in [2.24, 2.45) is 0 Å². The molecule has 4 heteroatoms. The molecule has 0 unspecified atom stereocenters. The van der Waals surface area contributed by atoms with Gasteiger partial charge in [0, 0.05) is 18.7 Å². The molecule has 0 radical (unpaired) electrons. The molecule has 0 atom stereocenters. The standard InChI is InChI=1S/C15H14N4/c1-2-6-13-11(4-1)5-3-7-14(13)15-10-19(18-17-15)12-8-16-9-12/h1-7,10,12,16H,8-9H2. The highest BCUT2D eigenvalue weighted by atomic mass is 15.4. The lowest BCUT2D eigenvalue weighted by molar-refractivity contribution is 0.313. The van der Waals surface area contributed by atoms with Crippen LogP contribution in [0.15, 0.2) is 48.7 Å². The summed E-state index contributed by atoms with van der Waals surface area (Å²) in [7, 11) is 0. The number of fused-ring (bicyclic) bond motifs is 1. The van der Waals surface area contributed by atoms with E-state index in [1.165, 1.54) is 10.8 Å². The lowest BCUT2D eigenvalue weighted by atomic mass is 10.0. The average Bonchev–Trinajstić information content (AvgIpc) is 2.85. The number of benzene rings is 2. The van der Waals surface area contributed by atoms with E-state index in [1.807, 2.05) is 10.9 Å². The molecule has 0 amide bonds. The Morgan fingerprint density at radius 2 is 1.89 bits per heavy atom. The largest absolute Gasteiger partial charge is 0.312 e. The Morgan fingerprint density at radius 3 is 2.74 bits per heavy atom. The Labute approximate surface area is 111 Å². The van der Waals surface area contributed by atoms with Gasteiger partial charge >= 0.3 is 0 Å². The van der Waals surface area contributed by atoms with E-state index in [0.29, 0.717) is 6.04 Å². The molecule has 0 bridgehead atoms. The van der Waals surface area contributed by atoms with Crippen LogP contribution in [0, 0.1) is 0 Å². The van der Waals surface area contributed by atoms with Crippen molar-refractivity contribution in [3.63, 3.8) is 0 Å².